The molecule has 1 aliphatic rings. The number of aromatic amines is 1. The molecule has 0 bridgehead atoms. The van der Waals surface area contributed by atoms with Crippen molar-refractivity contribution in [2.75, 3.05) is 19.7 Å². The summed E-state index contributed by atoms with van der Waals surface area (Å²) in [6, 6.07) is 3.94. The molecule has 0 atom stereocenters. The molecule has 38 heavy (non-hydrogen) atoms. The van der Waals surface area contributed by atoms with E-state index in [9.17, 15) is 18.0 Å². The van der Waals surface area contributed by atoms with Gasteiger partial charge < -0.3 is 19.4 Å². The number of carbonyl (C=O) groups is 1. The van der Waals surface area contributed by atoms with E-state index in [2.05, 4.69) is 19.8 Å². The van der Waals surface area contributed by atoms with Crippen LogP contribution in [-0.2, 0) is 21.2 Å². The van der Waals surface area contributed by atoms with Gasteiger partial charge in [0.15, 0.2) is 11.3 Å². The summed E-state index contributed by atoms with van der Waals surface area (Å²) in [7, 11) is -3.96. The van der Waals surface area contributed by atoms with E-state index in [0.29, 0.717) is 41.4 Å². The fourth-order valence-corrected chi connectivity index (χ4v) is 5.45. The number of nitrogens with one attached hydrogen (secondary N) is 2. The summed E-state index contributed by atoms with van der Waals surface area (Å²) in [5.74, 6) is 1.19. The van der Waals surface area contributed by atoms with Crippen LogP contribution in [0.2, 0.25) is 0 Å². The quantitative estimate of drug-likeness (QED) is 0.438. The van der Waals surface area contributed by atoms with Gasteiger partial charge in [0, 0.05) is 19.5 Å². The number of nitrogens with zero attached hydrogens (tertiary/aromatic N) is 4. The summed E-state index contributed by atoms with van der Waals surface area (Å²) in [6.45, 7) is 11.6. The zero-order valence-electron chi connectivity index (χ0n) is 22.5. The molecule has 2 aromatic heterocycles. The minimum atomic E-state index is -3.96. The van der Waals surface area contributed by atoms with Gasteiger partial charge in [-0.3, -0.25) is 4.79 Å². The number of fused-ring (bicyclic) bond motifs is 1. The van der Waals surface area contributed by atoms with Gasteiger partial charge in [-0.2, -0.15) is 0 Å². The van der Waals surface area contributed by atoms with Crippen LogP contribution in [0, 0.1) is 6.92 Å². The number of benzene rings is 1. The molecule has 3 aromatic rings. The van der Waals surface area contributed by atoms with E-state index < -0.39 is 27.8 Å². The smallest absolute Gasteiger partial charge is 0.410 e. The van der Waals surface area contributed by atoms with E-state index in [1.165, 1.54) is 27.6 Å². The molecule has 0 aliphatic carbocycles. The first kappa shape index (κ1) is 27.6. The van der Waals surface area contributed by atoms with Gasteiger partial charge in [-0.25, -0.2) is 27.4 Å². The van der Waals surface area contributed by atoms with Gasteiger partial charge in [0.1, 0.15) is 17.2 Å². The van der Waals surface area contributed by atoms with Gasteiger partial charge in [0.2, 0.25) is 10.0 Å². The number of likely N-dealkylation sites (tertiary alicyclic amines) is 1. The zero-order chi connectivity index (χ0) is 27.8. The fourth-order valence-electron chi connectivity index (χ4n) is 4.20. The van der Waals surface area contributed by atoms with Gasteiger partial charge in [0.25, 0.3) is 5.56 Å². The molecule has 206 valence electrons. The lowest BCUT2D eigenvalue weighted by atomic mass is 10.1. The Kier molecular flexibility index (Phi) is 7.53. The lowest BCUT2D eigenvalue weighted by Crippen LogP contribution is -2.61. The van der Waals surface area contributed by atoms with Gasteiger partial charge in [0.05, 0.1) is 28.8 Å². The maximum atomic E-state index is 13.2. The van der Waals surface area contributed by atoms with E-state index in [1.807, 2.05) is 6.92 Å². The number of amides is 1. The summed E-state index contributed by atoms with van der Waals surface area (Å²) < 4.78 is 41.6. The first-order valence-corrected chi connectivity index (χ1v) is 14.1. The van der Waals surface area contributed by atoms with Crippen LogP contribution in [0.25, 0.3) is 16.9 Å². The largest absolute Gasteiger partial charge is 0.493 e. The third-order valence-electron chi connectivity index (χ3n) is 5.89. The number of aromatic nitrogens is 4. The van der Waals surface area contributed by atoms with Crippen molar-refractivity contribution in [2.24, 2.45) is 0 Å². The predicted octanol–water partition coefficient (Wildman–Crippen LogP) is 2.64. The minimum Gasteiger partial charge on any atom is -0.493 e. The summed E-state index contributed by atoms with van der Waals surface area (Å²) >= 11 is 0. The third kappa shape index (κ3) is 5.68. The summed E-state index contributed by atoms with van der Waals surface area (Å²) in [5, 5.41) is 4.60. The van der Waals surface area contributed by atoms with Gasteiger partial charge >= 0.3 is 6.09 Å². The Balaban J connectivity index is 1.64. The van der Waals surface area contributed by atoms with Gasteiger partial charge in [-0.15, -0.1) is 5.10 Å². The molecule has 0 unspecified atom stereocenters. The Morgan fingerprint density at radius 2 is 1.95 bits per heavy atom. The summed E-state index contributed by atoms with van der Waals surface area (Å²) in [6.07, 6.45) is 0.959. The SMILES string of the molecule is CCCc1nc(C)c2c(=O)[nH]c(-c3cc(S(=O)(=O)NC4CN(C(=O)OC(C)(C)C)C4)ccc3OCC)nn12. The topological polar surface area (TPSA) is 148 Å². The van der Waals surface area contributed by atoms with Crippen molar-refractivity contribution in [3.8, 4) is 17.1 Å². The third-order valence-corrected chi connectivity index (χ3v) is 7.41. The number of hydrogen-bond donors (Lipinski definition) is 2. The number of H-pyrrole nitrogens is 1. The number of aryl methyl sites for hydroxylation is 2. The van der Waals surface area contributed by atoms with Crippen molar-refractivity contribution >= 4 is 21.6 Å². The van der Waals surface area contributed by atoms with E-state index in [4.69, 9.17) is 9.47 Å². The molecule has 1 aromatic carbocycles. The highest BCUT2D eigenvalue weighted by atomic mass is 32.2. The van der Waals surface area contributed by atoms with Crippen LogP contribution in [0.3, 0.4) is 0 Å². The highest BCUT2D eigenvalue weighted by Crippen LogP contribution is 2.30. The monoisotopic (exact) mass is 546 g/mol. The Morgan fingerprint density at radius 3 is 2.58 bits per heavy atom. The molecule has 1 fully saturated rings. The Labute approximate surface area is 221 Å². The van der Waals surface area contributed by atoms with E-state index in [1.54, 1.807) is 34.6 Å². The van der Waals surface area contributed by atoms with Crippen LogP contribution in [0.1, 0.15) is 52.6 Å². The lowest BCUT2D eigenvalue weighted by molar-refractivity contribution is 0.00737. The second-order valence-electron chi connectivity index (χ2n) is 10.2. The molecule has 0 radical (unpaired) electrons. The number of hydrogen-bond acceptors (Lipinski definition) is 8. The van der Waals surface area contributed by atoms with Crippen molar-refractivity contribution in [3.05, 3.63) is 40.1 Å². The summed E-state index contributed by atoms with van der Waals surface area (Å²) in [4.78, 5) is 33.8. The number of ether oxygens (including phenoxy) is 2. The number of rotatable bonds is 8. The molecule has 2 N–H and O–H groups in total. The Bertz CT molecular complexity index is 1520. The average Bonchev–Trinajstić information content (AvgIpc) is 3.11. The van der Waals surface area contributed by atoms with Gasteiger partial charge in [-0.1, -0.05) is 6.92 Å². The van der Waals surface area contributed by atoms with E-state index in [-0.39, 0.29) is 29.4 Å². The Hall–Kier alpha value is -3.45. The number of carbonyl (C=O) groups excluding carboxylic acids is 1. The predicted molar refractivity (Wildman–Crippen MR) is 141 cm³/mol. The molecule has 13 heteroatoms. The van der Waals surface area contributed by atoms with E-state index in [0.717, 1.165) is 6.42 Å². The zero-order valence-corrected chi connectivity index (χ0v) is 23.3. The number of sulfonamides is 1. The fraction of sp³-hybridized carbons (Fsp3) is 0.520. The second-order valence-corrected chi connectivity index (χ2v) is 11.9. The van der Waals surface area contributed by atoms with Crippen molar-refractivity contribution in [1.29, 1.82) is 0 Å². The standard InChI is InChI=1S/C25H34N6O6S/c1-7-9-20-26-15(3)21-23(32)27-22(28-31(20)21)18-12-17(10-11-19(18)36-8-2)38(34,35)29-16-13-30(14-16)24(33)37-25(4,5)6/h10-12,16,29H,7-9,13-14H2,1-6H3,(H,27,28,32). The number of imidazole rings is 1. The average molecular weight is 547 g/mol. The molecule has 0 spiro atoms. The van der Waals surface area contributed by atoms with Crippen molar-refractivity contribution in [2.45, 2.75) is 70.9 Å². The van der Waals surface area contributed by atoms with Crippen molar-refractivity contribution < 1.29 is 22.7 Å². The van der Waals surface area contributed by atoms with Crippen molar-refractivity contribution in [3.63, 3.8) is 0 Å². The molecular weight excluding hydrogens is 512 g/mol. The summed E-state index contributed by atoms with van der Waals surface area (Å²) in [5.41, 5.74) is 0.227. The molecule has 0 saturated carbocycles. The molecule has 1 aliphatic heterocycles. The van der Waals surface area contributed by atoms with Gasteiger partial charge in [-0.05, 0) is 59.2 Å². The van der Waals surface area contributed by atoms with Crippen LogP contribution in [0.4, 0.5) is 4.79 Å². The maximum absolute atomic E-state index is 13.2. The lowest BCUT2D eigenvalue weighted by Gasteiger charge is -2.39. The molecule has 3 heterocycles. The first-order chi connectivity index (χ1) is 17.8. The molecule has 1 saturated heterocycles. The highest BCUT2D eigenvalue weighted by Gasteiger charge is 2.36. The molecule has 1 amide bonds. The van der Waals surface area contributed by atoms with Crippen LogP contribution < -0.4 is 15.0 Å². The first-order valence-electron chi connectivity index (χ1n) is 12.6. The van der Waals surface area contributed by atoms with Crippen LogP contribution in [0.5, 0.6) is 5.75 Å². The maximum Gasteiger partial charge on any atom is 0.410 e. The van der Waals surface area contributed by atoms with Crippen molar-refractivity contribution in [1.82, 2.24) is 29.2 Å². The molecular formula is C25H34N6O6S. The molecule has 4 rings (SSSR count). The Morgan fingerprint density at radius 1 is 1.24 bits per heavy atom. The molecule has 12 nitrogen and oxygen atoms in total. The second kappa shape index (κ2) is 10.4. The minimum absolute atomic E-state index is 0.0231. The highest BCUT2D eigenvalue weighted by molar-refractivity contribution is 7.89. The normalized spacial score (nSPS) is 14.5. The van der Waals surface area contributed by atoms with Crippen LogP contribution in [0.15, 0.2) is 27.9 Å². The van der Waals surface area contributed by atoms with Crippen LogP contribution in [-0.4, -0.2) is 70.3 Å². The van der Waals surface area contributed by atoms with E-state index >= 15 is 0 Å². The van der Waals surface area contributed by atoms with Crippen LogP contribution >= 0.6 is 0 Å².